The van der Waals surface area contributed by atoms with Crippen LogP contribution >= 0.6 is 0 Å². The summed E-state index contributed by atoms with van der Waals surface area (Å²) in [7, 11) is 0. The number of hydrogen-bond donors (Lipinski definition) is 0. The van der Waals surface area contributed by atoms with Gasteiger partial charge in [-0.25, -0.2) is 0 Å². The van der Waals surface area contributed by atoms with Crippen molar-refractivity contribution in [3.05, 3.63) is 59.7 Å². The van der Waals surface area contributed by atoms with Crippen molar-refractivity contribution in [1.82, 2.24) is 19.8 Å². The molecule has 26 heavy (non-hydrogen) atoms. The second-order valence-corrected chi connectivity index (χ2v) is 6.64. The lowest BCUT2D eigenvalue weighted by molar-refractivity contribution is -0.131. The zero-order valence-corrected chi connectivity index (χ0v) is 15.3. The van der Waals surface area contributed by atoms with E-state index in [-0.39, 0.29) is 17.7 Å². The minimum absolute atomic E-state index is 0.0194. The molecular weight excluding hydrogens is 328 g/mol. The summed E-state index contributed by atoms with van der Waals surface area (Å²) in [6.45, 7) is 6.34. The van der Waals surface area contributed by atoms with Gasteiger partial charge in [-0.05, 0) is 24.5 Å². The number of carbonyl (C=O) groups excluding carboxylic acids is 2. The number of carbonyl (C=O) groups is 2. The van der Waals surface area contributed by atoms with Crippen molar-refractivity contribution >= 4 is 11.8 Å². The van der Waals surface area contributed by atoms with Crippen LogP contribution in [0.3, 0.4) is 0 Å². The van der Waals surface area contributed by atoms with Crippen molar-refractivity contribution in [1.29, 1.82) is 0 Å². The lowest BCUT2D eigenvalue weighted by Gasteiger charge is -2.24. The van der Waals surface area contributed by atoms with E-state index in [1.54, 1.807) is 30.7 Å². The summed E-state index contributed by atoms with van der Waals surface area (Å²) in [5, 5.41) is 0. The molecule has 2 aliphatic heterocycles. The summed E-state index contributed by atoms with van der Waals surface area (Å²) < 4.78 is 0. The van der Waals surface area contributed by atoms with Crippen LogP contribution in [0.1, 0.15) is 31.9 Å². The summed E-state index contributed by atoms with van der Waals surface area (Å²) in [5.41, 5.74) is 3.07. The van der Waals surface area contributed by atoms with Gasteiger partial charge < -0.3 is 9.80 Å². The van der Waals surface area contributed by atoms with Crippen LogP contribution in [0.25, 0.3) is 0 Å². The Balaban J connectivity index is 1.54. The zero-order chi connectivity index (χ0) is 18.5. The van der Waals surface area contributed by atoms with Gasteiger partial charge in [-0.1, -0.05) is 25.2 Å². The highest BCUT2D eigenvalue weighted by molar-refractivity contribution is 5.89. The van der Waals surface area contributed by atoms with E-state index in [0.717, 1.165) is 6.42 Å². The summed E-state index contributed by atoms with van der Waals surface area (Å²) >= 11 is 0. The third kappa shape index (κ3) is 3.90. The predicted octanol–water partition coefficient (Wildman–Crippen LogP) is 2.08. The molecule has 0 saturated heterocycles. The van der Waals surface area contributed by atoms with Crippen LogP contribution in [0.4, 0.5) is 0 Å². The molecule has 0 saturated carbocycles. The molecule has 1 aromatic heterocycles. The summed E-state index contributed by atoms with van der Waals surface area (Å²) in [6, 6.07) is 0. The third-order valence-corrected chi connectivity index (χ3v) is 4.77. The van der Waals surface area contributed by atoms with E-state index in [1.807, 2.05) is 28.9 Å². The Bertz CT molecular complexity index is 749. The maximum atomic E-state index is 12.7. The topological polar surface area (TPSA) is 66.4 Å². The average Bonchev–Trinajstić information content (AvgIpc) is 3.24. The van der Waals surface area contributed by atoms with E-state index < -0.39 is 0 Å². The molecule has 3 rings (SSSR count). The first-order chi connectivity index (χ1) is 12.6. The Morgan fingerprint density at radius 3 is 2.42 bits per heavy atom. The smallest absolute Gasteiger partial charge is 0.247 e. The highest BCUT2D eigenvalue weighted by Gasteiger charge is 2.35. The molecule has 6 nitrogen and oxygen atoms in total. The molecule has 136 valence electrons. The van der Waals surface area contributed by atoms with Crippen LogP contribution in [0, 0.1) is 0 Å². The minimum atomic E-state index is -0.310. The third-order valence-electron chi connectivity index (χ3n) is 4.77. The summed E-state index contributed by atoms with van der Waals surface area (Å²) in [4.78, 5) is 36.9. The van der Waals surface area contributed by atoms with E-state index in [2.05, 4.69) is 16.9 Å². The van der Waals surface area contributed by atoms with E-state index in [4.69, 9.17) is 0 Å². The molecule has 0 spiro atoms. The van der Waals surface area contributed by atoms with Crippen molar-refractivity contribution in [2.45, 2.75) is 26.2 Å². The van der Waals surface area contributed by atoms with Crippen LogP contribution in [0.5, 0.6) is 0 Å². The molecule has 1 atom stereocenters. The summed E-state index contributed by atoms with van der Waals surface area (Å²) in [6.07, 6.45) is 13.1. The monoisotopic (exact) mass is 352 g/mol. The van der Waals surface area contributed by atoms with E-state index >= 15 is 0 Å². The van der Waals surface area contributed by atoms with Gasteiger partial charge in [0.05, 0.1) is 11.6 Å². The molecule has 0 radical (unpaired) electrons. The van der Waals surface area contributed by atoms with E-state index in [1.165, 1.54) is 11.1 Å². The molecular formula is C20H24N4O2. The molecule has 0 aromatic carbocycles. The fourth-order valence-electron chi connectivity index (χ4n) is 3.28. The van der Waals surface area contributed by atoms with E-state index in [0.29, 0.717) is 31.9 Å². The first kappa shape index (κ1) is 18.0. The van der Waals surface area contributed by atoms with Gasteiger partial charge in [0.25, 0.3) is 0 Å². The van der Waals surface area contributed by atoms with Crippen molar-refractivity contribution in [3.8, 4) is 0 Å². The standard InChI is InChI=1S/C20H24N4O2/c1-3-4-5-6-7-19(25)23-11-16-13-24(14-17(16)12-23)20(26)15(2)18-10-21-8-9-22-18/h4-10,15H,3,11-14H2,1-2H3/b5-4+,7-6+. The quantitative estimate of drug-likeness (QED) is 0.462. The van der Waals surface area contributed by atoms with Gasteiger partial charge in [0.2, 0.25) is 11.8 Å². The maximum absolute atomic E-state index is 12.7. The maximum Gasteiger partial charge on any atom is 0.247 e. The second-order valence-electron chi connectivity index (χ2n) is 6.64. The van der Waals surface area contributed by atoms with Gasteiger partial charge in [0.1, 0.15) is 0 Å². The first-order valence-electron chi connectivity index (χ1n) is 8.96. The van der Waals surface area contributed by atoms with Crippen LogP contribution in [-0.2, 0) is 9.59 Å². The molecule has 2 amide bonds. The summed E-state index contributed by atoms with van der Waals surface area (Å²) in [5.74, 6) is -0.233. The van der Waals surface area contributed by atoms with Gasteiger partial charge in [0.15, 0.2) is 0 Å². The Hall–Kier alpha value is -2.76. The molecule has 1 unspecified atom stereocenters. The first-order valence-corrected chi connectivity index (χ1v) is 8.96. The minimum Gasteiger partial charge on any atom is -0.334 e. The molecule has 3 heterocycles. The Morgan fingerprint density at radius 1 is 1.12 bits per heavy atom. The van der Waals surface area contributed by atoms with Crippen molar-refractivity contribution in [2.24, 2.45) is 0 Å². The lowest BCUT2D eigenvalue weighted by atomic mass is 10.1. The van der Waals surface area contributed by atoms with Gasteiger partial charge in [-0.3, -0.25) is 19.6 Å². The molecule has 0 bridgehead atoms. The number of nitrogens with zero attached hydrogens (tertiary/aromatic N) is 4. The van der Waals surface area contributed by atoms with Crippen molar-refractivity contribution in [3.63, 3.8) is 0 Å². The Morgan fingerprint density at radius 2 is 1.81 bits per heavy atom. The highest BCUT2D eigenvalue weighted by atomic mass is 16.2. The van der Waals surface area contributed by atoms with Gasteiger partial charge in [-0.2, -0.15) is 0 Å². The second kappa shape index (κ2) is 8.08. The Labute approximate surface area is 153 Å². The molecule has 0 fully saturated rings. The fraction of sp³-hybridized carbons (Fsp3) is 0.400. The number of hydrogen-bond acceptors (Lipinski definition) is 4. The molecule has 6 heteroatoms. The van der Waals surface area contributed by atoms with Crippen LogP contribution < -0.4 is 0 Å². The molecule has 2 aliphatic rings. The van der Waals surface area contributed by atoms with Crippen molar-refractivity contribution < 1.29 is 9.59 Å². The number of rotatable bonds is 5. The van der Waals surface area contributed by atoms with E-state index in [9.17, 15) is 9.59 Å². The molecule has 1 aromatic rings. The zero-order valence-electron chi connectivity index (χ0n) is 15.3. The van der Waals surface area contributed by atoms with Gasteiger partial charge in [0, 0.05) is 50.8 Å². The highest BCUT2D eigenvalue weighted by Crippen LogP contribution is 2.28. The van der Waals surface area contributed by atoms with Gasteiger partial charge >= 0.3 is 0 Å². The van der Waals surface area contributed by atoms with Gasteiger partial charge in [-0.15, -0.1) is 0 Å². The normalized spacial score (nSPS) is 18.2. The number of amides is 2. The number of aromatic nitrogens is 2. The van der Waals surface area contributed by atoms with Crippen LogP contribution in [0.2, 0.25) is 0 Å². The largest absolute Gasteiger partial charge is 0.334 e. The SMILES string of the molecule is CC/C=C/C=C/C(=O)N1CC2=C(C1)CN(C(=O)C(C)c1cnccn1)C2. The van der Waals surface area contributed by atoms with Crippen LogP contribution in [0.15, 0.2) is 54.0 Å². The molecule has 0 aliphatic carbocycles. The van der Waals surface area contributed by atoms with Crippen LogP contribution in [-0.4, -0.2) is 57.8 Å². The average molecular weight is 352 g/mol. The fourth-order valence-corrected chi connectivity index (χ4v) is 3.28. The number of allylic oxidation sites excluding steroid dienone is 3. The molecule has 0 N–H and O–H groups in total. The predicted molar refractivity (Wildman–Crippen MR) is 99.2 cm³/mol. The lowest BCUT2D eigenvalue weighted by Crippen LogP contribution is -2.37. The Kier molecular flexibility index (Phi) is 5.61. The van der Waals surface area contributed by atoms with Crippen molar-refractivity contribution in [2.75, 3.05) is 26.2 Å².